The Morgan fingerprint density at radius 2 is 1.89 bits per heavy atom. The molecule has 0 aromatic heterocycles. The van der Waals surface area contributed by atoms with Gasteiger partial charge in [0.15, 0.2) is 0 Å². The average molecular weight is 257 g/mol. The zero-order valence-electron chi connectivity index (χ0n) is 11.2. The molecule has 0 saturated carbocycles. The predicted octanol–water partition coefficient (Wildman–Crippen LogP) is -0.397. The van der Waals surface area contributed by atoms with Gasteiger partial charge in [0, 0.05) is 45.2 Å². The molecule has 6 heteroatoms. The van der Waals surface area contributed by atoms with E-state index < -0.39 is 5.97 Å². The summed E-state index contributed by atoms with van der Waals surface area (Å²) in [6.07, 6.45) is 0.411. The van der Waals surface area contributed by atoms with Gasteiger partial charge in [0.2, 0.25) is 5.91 Å². The number of carbonyl (C=O) groups is 2. The number of nitrogens with zero attached hydrogens (tertiary/aromatic N) is 2. The number of amides is 1. The van der Waals surface area contributed by atoms with Crippen LogP contribution in [0.25, 0.3) is 0 Å². The van der Waals surface area contributed by atoms with E-state index >= 15 is 0 Å². The van der Waals surface area contributed by atoms with Crippen molar-refractivity contribution in [2.75, 3.05) is 39.8 Å². The number of rotatable bonds is 6. The second kappa shape index (κ2) is 7.33. The maximum atomic E-state index is 11.6. The molecule has 1 aliphatic heterocycles. The van der Waals surface area contributed by atoms with Crippen molar-refractivity contribution in [1.29, 1.82) is 0 Å². The van der Waals surface area contributed by atoms with Gasteiger partial charge < -0.3 is 20.2 Å². The lowest BCUT2D eigenvalue weighted by atomic mass is 10.2. The third-order valence-corrected chi connectivity index (χ3v) is 3.14. The van der Waals surface area contributed by atoms with Gasteiger partial charge in [-0.2, -0.15) is 0 Å². The topological polar surface area (TPSA) is 72.9 Å². The maximum Gasteiger partial charge on any atom is 0.305 e. The van der Waals surface area contributed by atoms with Gasteiger partial charge >= 0.3 is 5.97 Å². The summed E-state index contributed by atoms with van der Waals surface area (Å²) in [5, 5.41) is 11.3. The average Bonchev–Trinajstić information content (AvgIpc) is 2.27. The molecule has 18 heavy (non-hydrogen) atoms. The fourth-order valence-electron chi connectivity index (χ4n) is 1.99. The zero-order chi connectivity index (χ0) is 13.5. The highest BCUT2D eigenvalue weighted by molar-refractivity contribution is 5.77. The van der Waals surface area contributed by atoms with Gasteiger partial charge in [-0.1, -0.05) is 0 Å². The molecule has 1 amide bonds. The smallest absolute Gasteiger partial charge is 0.305 e. The third kappa shape index (κ3) is 5.97. The highest BCUT2D eigenvalue weighted by Gasteiger charge is 2.15. The molecule has 2 N–H and O–H groups in total. The quantitative estimate of drug-likeness (QED) is 0.677. The van der Waals surface area contributed by atoms with Crippen LogP contribution in [0.2, 0.25) is 0 Å². The number of likely N-dealkylation sites (N-methyl/N-ethyl adjacent to an activating group) is 1. The first-order valence-electron chi connectivity index (χ1n) is 6.39. The van der Waals surface area contributed by atoms with Crippen LogP contribution in [0, 0.1) is 0 Å². The molecule has 104 valence electrons. The summed E-state index contributed by atoms with van der Waals surface area (Å²) in [6, 6.07) is -0.303. The first-order valence-corrected chi connectivity index (χ1v) is 6.39. The van der Waals surface area contributed by atoms with Crippen molar-refractivity contribution in [1.82, 2.24) is 15.1 Å². The third-order valence-electron chi connectivity index (χ3n) is 3.14. The summed E-state index contributed by atoms with van der Waals surface area (Å²) in [7, 11) is 2.09. The van der Waals surface area contributed by atoms with Crippen LogP contribution in [-0.4, -0.2) is 72.6 Å². The minimum atomic E-state index is -0.887. The monoisotopic (exact) mass is 257 g/mol. The maximum absolute atomic E-state index is 11.6. The van der Waals surface area contributed by atoms with Crippen molar-refractivity contribution >= 4 is 11.9 Å². The summed E-state index contributed by atoms with van der Waals surface area (Å²) in [4.78, 5) is 26.6. The minimum Gasteiger partial charge on any atom is -0.481 e. The molecule has 1 heterocycles. The van der Waals surface area contributed by atoms with E-state index in [0.717, 1.165) is 32.7 Å². The number of carboxylic acid groups (broad SMARTS) is 1. The van der Waals surface area contributed by atoms with E-state index in [1.165, 1.54) is 0 Å². The first kappa shape index (κ1) is 14.9. The molecule has 0 spiro atoms. The Labute approximate surface area is 108 Å². The zero-order valence-corrected chi connectivity index (χ0v) is 11.2. The van der Waals surface area contributed by atoms with Gasteiger partial charge in [-0.25, -0.2) is 0 Å². The van der Waals surface area contributed by atoms with Crippen LogP contribution in [0.1, 0.15) is 19.8 Å². The van der Waals surface area contributed by atoms with Crippen LogP contribution in [0.5, 0.6) is 0 Å². The second-order valence-corrected chi connectivity index (χ2v) is 4.96. The Bertz CT molecular complexity index is 288. The Morgan fingerprint density at radius 3 is 2.44 bits per heavy atom. The van der Waals surface area contributed by atoms with Crippen molar-refractivity contribution in [3.8, 4) is 0 Å². The van der Waals surface area contributed by atoms with E-state index in [1.54, 1.807) is 6.92 Å². The van der Waals surface area contributed by atoms with Crippen LogP contribution in [0.15, 0.2) is 0 Å². The lowest BCUT2D eigenvalue weighted by Crippen LogP contribution is -2.45. The minimum absolute atomic E-state index is 0.0275. The molecular formula is C12H23N3O3. The van der Waals surface area contributed by atoms with Gasteiger partial charge in [-0.15, -0.1) is 0 Å². The second-order valence-electron chi connectivity index (χ2n) is 4.96. The molecular weight excluding hydrogens is 234 g/mol. The van der Waals surface area contributed by atoms with Gasteiger partial charge in [0.25, 0.3) is 0 Å². The largest absolute Gasteiger partial charge is 0.481 e. The van der Waals surface area contributed by atoms with E-state index in [4.69, 9.17) is 5.11 Å². The molecule has 0 bridgehead atoms. The fraction of sp³-hybridized carbons (Fsp3) is 0.833. The van der Waals surface area contributed by atoms with Gasteiger partial charge in [-0.3, -0.25) is 9.59 Å². The highest BCUT2D eigenvalue weighted by atomic mass is 16.4. The van der Waals surface area contributed by atoms with Crippen molar-refractivity contribution in [2.24, 2.45) is 0 Å². The number of aliphatic carboxylic acids is 1. The first-order chi connectivity index (χ1) is 8.47. The molecule has 1 saturated heterocycles. The van der Waals surface area contributed by atoms with E-state index in [2.05, 4.69) is 22.2 Å². The lowest BCUT2D eigenvalue weighted by Gasteiger charge is -2.32. The molecule has 6 nitrogen and oxygen atoms in total. The molecule has 1 aliphatic rings. The molecule has 0 radical (unpaired) electrons. The SMILES string of the molecule is CC(CC(=O)O)NC(=O)CCN1CCN(C)CC1. The van der Waals surface area contributed by atoms with Crippen molar-refractivity contribution in [3.05, 3.63) is 0 Å². The van der Waals surface area contributed by atoms with E-state index in [1.807, 2.05) is 0 Å². The molecule has 1 atom stereocenters. The summed E-state index contributed by atoms with van der Waals surface area (Å²) in [5.41, 5.74) is 0. The number of nitrogens with one attached hydrogen (secondary N) is 1. The van der Waals surface area contributed by atoms with Crippen molar-refractivity contribution < 1.29 is 14.7 Å². The Kier molecular flexibility index (Phi) is 6.07. The lowest BCUT2D eigenvalue weighted by molar-refractivity contribution is -0.137. The summed E-state index contributed by atoms with van der Waals surface area (Å²) in [6.45, 7) is 6.53. The van der Waals surface area contributed by atoms with Crippen LogP contribution in [-0.2, 0) is 9.59 Å². The van der Waals surface area contributed by atoms with Crippen molar-refractivity contribution in [2.45, 2.75) is 25.8 Å². The molecule has 0 aromatic rings. The number of hydrogen-bond acceptors (Lipinski definition) is 4. The highest BCUT2D eigenvalue weighted by Crippen LogP contribution is 2.00. The van der Waals surface area contributed by atoms with Gasteiger partial charge in [0.1, 0.15) is 0 Å². The van der Waals surface area contributed by atoms with Crippen LogP contribution < -0.4 is 5.32 Å². The number of carbonyl (C=O) groups excluding carboxylic acids is 1. The standard InChI is InChI=1S/C12H23N3O3/c1-10(9-12(17)18)13-11(16)3-4-15-7-5-14(2)6-8-15/h10H,3-9H2,1-2H3,(H,13,16)(H,17,18). The number of hydrogen-bond donors (Lipinski definition) is 2. The Hall–Kier alpha value is -1.14. The van der Waals surface area contributed by atoms with E-state index in [0.29, 0.717) is 6.42 Å². The molecule has 0 aliphatic carbocycles. The van der Waals surface area contributed by atoms with Gasteiger partial charge in [0.05, 0.1) is 6.42 Å². The van der Waals surface area contributed by atoms with Gasteiger partial charge in [-0.05, 0) is 14.0 Å². The van der Waals surface area contributed by atoms with Crippen molar-refractivity contribution in [3.63, 3.8) is 0 Å². The number of carboxylic acids is 1. The fourth-order valence-corrected chi connectivity index (χ4v) is 1.99. The number of piperazine rings is 1. The summed E-state index contributed by atoms with van der Waals surface area (Å²) < 4.78 is 0. The van der Waals surface area contributed by atoms with Crippen LogP contribution in [0.3, 0.4) is 0 Å². The molecule has 1 fully saturated rings. The predicted molar refractivity (Wildman–Crippen MR) is 68.4 cm³/mol. The molecule has 1 unspecified atom stereocenters. The summed E-state index contributed by atoms with van der Waals surface area (Å²) in [5.74, 6) is -0.954. The Morgan fingerprint density at radius 1 is 1.28 bits per heavy atom. The van der Waals surface area contributed by atoms with E-state index in [9.17, 15) is 9.59 Å². The Balaban J connectivity index is 2.15. The normalized spacial score (nSPS) is 19.4. The van der Waals surface area contributed by atoms with Crippen LogP contribution in [0.4, 0.5) is 0 Å². The summed E-state index contributed by atoms with van der Waals surface area (Å²) >= 11 is 0. The van der Waals surface area contributed by atoms with Crippen LogP contribution >= 0.6 is 0 Å². The molecule has 1 rings (SSSR count). The molecule has 0 aromatic carbocycles. The van der Waals surface area contributed by atoms with E-state index in [-0.39, 0.29) is 18.4 Å².